The molecule has 0 saturated heterocycles. The van der Waals surface area contributed by atoms with E-state index in [1.807, 2.05) is 10.6 Å². The molecule has 142 valence electrons. The number of aromatic nitrogens is 5. The van der Waals surface area contributed by atoms with Crippen LogP contribution in [0.4, 0.5) is 10.5 Å². The summed E-state index contributed by atoms with van der Waals surface area (Å²) in [6, 6.07) is 6.38. The van der Waals surface area contributed by atoms with Crippen LogP contribution >= 0.6 is 11.3 Å². The molecule has 1 unspecified atom stereocenters. The lowest BCUT2D eigenvalue weighted by atomic mass is 10.1. The van der Waals surface area contributed by atoms with Crippen molar-refractivity contribution in [2.45, 2.75) is 24.9 Å². The molecule has 1 fully saturated rings. The van der Waals surface area contributed by atoms with E-state index in [4.69, 9.17) is 5.73 Å². The maximum atomic E-state index is 11.0. The Morgan fingerprint density at radius 1 is 1.32 bits per heavy atom. The number of amides is 2. The summed E-state index contributed by atoms with van der Waals surface area (Å²) < 4.78 is 3.52. The van der Waals surface area contributed by atoms with Crippen LogP contribution in [0.1, 0.15) is 41.1 Å². The monoisotopic (exact) mass is 395 g/mol. The molecule has 9 nitrogen and oxygen atoms in total. The van der Waals surface area contributed by atoms with E-state index < -0.39 is 12.1 Å². The van der Waals surface area contributed by atoms with Crippen LogP contribution in [0.25, 0.3) is 10.5 Å². The molecular formula is C18H17N7O2S. The number of hydrogen-bond donors (Lipinski definition) is 3. The number of aliphatic hydroxyl groups excluding tert-OH is 1. The zero-order valence-electron chi connectivity index (χ0n) is 14.7. The first-order valence-corrected chi connectivity index (χ1v) is 9.63. The van der Waals surface area contributed by atoms with E-state index in [9.17, 15) is 9.90 Å². The van der Waals surface area contributed by atoms with Gasteiger partial charge in [-0.2, -0.15) is 0 Å². The number of hydrogen-bond acceptors (Lipinski definition) is 6. The minimum absolute atomic E-state index is 0.467. The Hall–Kier alpha value is -3.24. The number of primary amides is 1. The number of rotatable bonds is 5. The molecule has 0 aliphatic heterocycles. The third-order valence-electron chi connectivity index (χ3n) is 4.73. The van der Waals surface area contributed by atoms with Gasteiger partial charge in [-0.15, -0.1) is 16.4 Å². The molecule has 5 rings (SSSR count). The Bertz CT molecular complexity index is 1160. The number of nitrogens with one attached hydrogen (secondary N) is 1. The normalized spacial score (nSPS) is 15.0. The highest BCUT2D eigenvalue weighted by Crippen LogP contribution is 2.47. The van der Waals surface area contributed by atoms with Crippen molar-refractivity contribution in [1.29, 1.82) is 0 Å². The topological polar surface area (TPSA) is 123 Å². The van der Waals surface area contributed by atoms with Gasteiger partial charge in [-0.05, 0) is 43.0 Å². The van der Waals surface area contributed by atoms with Gasteiger partial charge in [0.05, 0.1) is 23.8 Å². The Morgan fingerprint density at radius 2 is 2.11 bits per heavy atom. The van der Waals surface area contributed by atoms with Crippen molar-refractivity contribution in [2.24, 2.45) is 5.73 Å². The second kappa shape index (κ2) is 6.43. The van der Waals surface area contributed by atoms with Gasteiger partial charge in [0.1, 0.15) is 23.0 Å². The fraction of sp³-hybridized carbons (Fsp3) is 0.222. The van der Waals surface area contributed by atoms with Gasteiger partial charge in [0.15, 0.2) is 0 Å². The van der Waals surface area contributed by atoms with E-state index in [2.05, 4.69) is 20.6 Å². The molecule has 3 aromatic heterocycles. The number of fused-ring (bicyclic) bond motifs is 1. The van der Waals surface area contributed by atoms with Crippen molar-refractivity contribution < 1.29 is 9.90 Å². The summed E-state index contributed by atoms with van der Waals surface area (Å²) >= 11 is 1.67. The van der Waals surface area contributed by atoms with Crippen LogP contribution in [0, 0.1) is 0 Å². The van der Waals surface area contributed by atoms with Gasteiger partial charge in [0.25, 0.3) is 0 Å². The van der Waals surface area contributed by atoms with Crippen molar-refractivity contribution in [1.82, 2.24) is 24.4 Å². The van der Waals surface area contributed by atoms with E-state index in [1.54, 1.807) is 52.8 Å². The molecule has 2 amide bonds. The van der Waals surface area contributed by atoms with Gasteiger partial charge in [-0.3, -0.25) is 4.40 Å². The predicted octanol–water partition coefficient (Wildman–Crippen LogP) is 2.43. The summed E-state index contributed by atoms with van der Waals surface area (Å²) in [7, 11) is 0. The van der Waals surface area contributed by atoms with Crippen molar-refractivity contribution in [2.75, 3.05) is 5.32 Å². The average Bonchev–Trinajstić information content (AvgIpc) is 3.08. The average molecular weight is 395 g/mol. The first-order valence-electron chi connectivity index (χ1n) is 8.82. The second-order valence-electron chi connectivity index (χ2n) is 6.75. The minimum atomic E-state index is -0.886. The van der Waals surface area contributed by atoms with E-state index >= 15 is 0 Å². The molecule has 4 N–H and O–H groups in total. The SMILES string of the molecule is NC(=O)Nc1ccc(-n2cc(C(O)c3c(C4CC4)sc4cncn34)nn2)cc1. The Morgan fingerprint density at radius 3 is 2.82 bits per heavy atom. The van der Waals surface area contributed by atoms with E-state index in [0.717, 1.165) is 29.1 Å². The lowest BCUT2D eigenvalue weighted by molar-refractivity contribution is 0.208. The van der Waals surface area contributed by atoms with E-state index in [-0.39, 0.29) is 0 Å². The molecule has 1 saturated carbocycles. The fourth-order valence-corrected chi connectivity index (χ4v) is 4.54. The van der Waals surface area contributed by atoms with E-state index in [0.29, 0.717) is 17.3 Å². The van der Waals surface area contributed by atoms with Crippen LogP contribution in [0.2, 0.25) is 0 Å². The van der Waals surface area contributed by atoms with Crippen LogP contribution in [-0.4, -0.2) is 35.5 Å². The summed E-state index contributed by atoms with van der Waals surface area (Å²) in [4.78, 5) is 17.3. The number of nitrogens with two attached hydrogens (primary N) is 1. The highest BCUT2D eigenvalue weighted by atomic mass is 32.1. The number of benzene rings is 1. The Balaban J connectivity index is 1.45. The molecule has 10 heteroatoms. The number of thiazole rings is 1. The molecule has 0 radical (unpaired) electrons. The van der Waals surface area contributed by atoms with Crippen molar-refractivity contribution in [3.05, 3.63) is 59.3 Å². The largest absolute Gasteiger partial charge is 0.380 e. The van der Waals surface area contributed by atoms with Crippen molar-refractivity contribution in [3.63, 3.8) is 0 Å². The summed E-state index contributed by atoms with van der Waals surface area (Å²) in [6.07, 6.45) is 6.65. The number of urea groups is 1. The summed E-state index contributed by atoms with van der Waals surface area (Å²) in [5.74, 6) is 0.509. The minimum Gasteiger partial charge on any atom is -0.380 e. The van der Waals surface area contributed by atoms with Gasteiger partial charge in [-0.1, -0.05) is 5.21 Å². The number of carbonyl (C=O) groups is 1. The molecule has 1 aliphatic carbocycles. The smallest absolute Gasteiger partial charge is 0.316 e. The quantitative estimate of drug-likeness (QED) is 0.479. The van der Waals surface area contributed by atoms with Crippen LogP contribution in [0.3, 0.4) is 0 Å². The van der Waals surface area contributed by atoms with Crippen LogP contribution < -0.4 is 11.1 Å². The molecule has 4 aromatic rings. The molecule has 1 aliphatic rings. The summed E-state index contributed by atoms with van der Waals surface area (Å²) in [6.45, 7) is 0. The zero-order valence-corrected chi connectivity index (χ0v) is 15.5. The molecule has 1 aromatic carbocycles. The van der Waals surface area contributed by atoms with E-state index in [1.165, 1.54) is 4.88 Å². The van der Waals surface area contributed by atoms with Crippen molar-refractivity contribution >= 4 is 27.9 Å². The van der Waals surface area contributed by atoms with Gasteiger partial charge in [0, 0.05) is 10.6 Å². The Kier molecular flexibility index (Phi) is 3.88. The second-order valence-corrected chi connectivity index (χ2v) is 7.82. The number of anilines is 1. The molecule has 3 heterocycles. The van der Waals surface area contributed by atoms with Crippen molar-refractivity contribution in [3.8, 4) is 5.69 Å². The van der Waals surface area contributed by atoms with Crippen LogP contribution in [-0.2, 0) is 0 Å². The third kappa shape index (κ3) is 2.92. The van der Waals surface area contributed by atoms with Crippen LogP contribution in [0.5, 0.6) is 0 Å². The lowest BCUT2D eigenvalue weighted by Crippen LogP contribution is -2.19. The predicted molar refractivity (Wildman–Crippen MR) is 104 cm³/mol. The fourth-order valence-electron chi connectivity index (χ4n) is 3.24. The van der Waals surface area contributed by atoms with Crippen LogP contribution in [0.15, 0.2) is 43.0 Å². The standard InChI is InChI=1S/C18H17N7O2S/c19-18(27)21-11-3-5-12(6-4-11)25-8-13(22-23-25)16(26)15-17(10-1-2-10)28-14-7-20-9-24(14)15/h3-10,16,26H,1-2H2,(H3,19,21,27). The molecular weight excluding hydrogens is 378 g/mol. The molecule has 0 bridgehead atoms. The third-order valence-corrected chi connectivity index (χ3v) is 6.00. The van der Waals surface area contributed by atoms with Gasteiger partial charge >= 0.3 is 6.03 Å². The number of aliphatic hydroxyl groups is 1. The maximum Gasteiger partial charge on any atom is 0.316 e. The number of carbonyl (C=O) groups excluding carboxylic acids is 1. The number of imidazole rings is 1. The number of nitrogens with zero attached hydrogens (tertiary/aromatic N) is 5. The highest BCUT2D eigenvalue weighted by Gasteiger charge is 2.33. The lowest BCUT2D eigenvalue weighted by Gasteiger charge is -2.09. The molecule has 28 heavy (non-hydrogen) atoms. The highest BCUT2D eigenvalue weighted by molar-refractivity contribution is 7.17. The summed E-state index contributed by atoms with van der Waals surface area (Å²) in [5, 5.41) is 21.9. The maximum absolute atomic E-state index is 11.0. The first kappa shape index (κ1) is 16.9. The summed E-state index contributed by atoms with van der Waals surface area (Å²) in [5.41, 5.74) is 7.75. The molecule has 0 spiro atoms. The van der Waals surface area contributed by atoms with Gasteiger partial charge in [-0.25, -0.2) is 14.5 Å². The Labute approximate surface area is 163 Å². The zero-order chi connectivity index (χ0) is 19.3. The van der Waals surface area contributed by atoms with Gasteiger partial charge in [0.2, 0.25) is 0 Å². The molecule has 1 atom stereocenters. The first-order chi connectivity index (χ1) is 13.6. The van der Waals surface area contributed by atoms with Gasteiger partial charge < -0.3 is 16.2 Å².